The Morgan fingerprint density at radius 2 is 1.71 bits per heavy atom. The van der Waals surface area contributed by atoms with Gasteiger partial charge in [-0.05, 0) is 57.0 Å². The van der Waals surface area contributed by atoms with Crippen LogP contribution < -0.4 is 5.32 Å². The fraction of sp³-hybridized carbons (Fsp3) is 0.545. The van der Waals surface area contributed by atoms with Gasteiger partial charge in [0.2, 0.25) is 5.91 Å². The average molecular weight is 401 g/mol. The Hall–Kier alpha value is -1.92. The summed E-state index contributed by atoms with van der Waals surface area (Å²) >= 11 is 5.76. The van der Waals surface area contributed by atoms with Gasteiger partial charge in [0.1, 0.15) is 0 Å². The maximum Gasteiger partial charge on any atom is 0.227 e. The van der Waals surface area contributed by atoms with Gasteiger partial charge in [-0.2, -0.15) is 0 Å². The van der Waals surface area contributed by atoms with Crippen molar-refractivity contribution in [2.75, 3.05) is 18.4 Å². The summed E-state index contributed by atoms with van der Waals surface area (Å²) in [5.41, 5.74) is 3.38. The van der Waals surface area contributed by atoms with Gasteiger partial charge < -0.3 is 14.5 Å². The summed E-state index contributed by atoms with van der Waals surface area (Å²) in [5.74, 6) is 0.787. The molecule has 1 N–H and O–H groups in total. The van der Waals surface area contributed by atoms with Crippen molar-refractivity contribution in [3.8, 4) is 0 Å². The molecule has 1 aromatic carbocycles. The van der Waals surface area contributed by atoms with Crippen LogP contribution in [0.1, 0.15) is 38.1 Å². The molecular formula is C22H32N4OS. The minimum Gasteiger partial charge on any atom is -0.326 e. The van der Waals surface area contributed by atoms with Crippen LogP contribution >= 0.6 is 12.2 Å². The van der Waals surface area contributed by atoms with E-state index in [2.05, 4.69) is 47.0 Å². The second-order valence-corrected chi connectivity index (χ2v) is 8.64. The lowest BCUT2D eigenvalue weighted by Crippen LogP contribution is -2.39. The molecule has 2 aromatic rings. The van der Waals surface area contributed by atoms with Gasteiger partial charge in [0.25, 0.3) is 0 Å². The topological polar surface area (TPSA) is 42.2 Å². The summed E-state index contributed by atoms with van der Waals surface area (Å²) in [6, 6.07) is 9.70. The van der Waals surface area contributed by atoms with Crippen LogP contribution in [0.4, 0.5) is 5.69 Å². The van der Waals surface area contributed by atoms with E-state index in [9.17, 15) is 4.79 Å². The van der Waals surface area contributed by atoms with E-state index in [1.54, 1.807) is 0 Å². The number of likely N-dealkylation sites (tertiary alicyclic amines) is 1. The Morgan fingerprint density at radius 1 is 1.11 bits per heavy atom. The minimum absolute atomic E-state index is 0.0813. The van der Waals surface area contributed by atoms with Crippen LogP contribution in [0.15, 0.2) is 30.3 Å². The molecule has 1 aliphatic heterocycles. The van der Waals surface area contributed by atoms with Crippen LogP contribution in [-0.4, -0.2) is 33.0 Å². The van der Waals surface area contributed by atoms with Crippen molar-refractivity contribution >= 4 is 23.8 Å². The number of nitrogens with one attached hydrogen (secondary N) is 1. The zero-order valence-electron chi connectivity index (χ0n) is 17.4. The van der Waals surface area contributed by atoms with Gasteiger partial charge in [-0.1, -0.05) is 32.0 Å². The predicted molar refractivity (Wildman–Crippen MR) is 117 cm³/mol. The molecule has 5 nitrogen and oxygen atoms in total. The number of nitrogens with zero attached hydrogens (tertiary/aromatic N) is 3. The third-order valence-corrected chi connectivity index (χ3v) is 6.12. The van der Waals surface area contributed by atoms with Gasteiger partial charge in [0.05, 0.1) is 6.67 Å². The first-order valence-electron chi connectivity index (χ1n) is 10.2. The zero-order chi connectivity index (χ0) is 20.3. The number of rotatable bonds is 6. The number of carbonyl (C=O) groups is 1. The number of anilines is 1. The van der Waals surface area contributed by atoms with Crippen molar-refractivity contribution in [1.82, 2.24) is 14.0 Å². The number of piperidine rings is 1. The minimum atomic E-state index is 0.0813. The lowest BCUT2D eigenvalue weighted by Gasteiger charge is -2.31. The highest BCUT2D eigenvalue weighted by Crippen LogP contribution is 2.22. The Bertz CT molecular complexity index is 861. The highest BCUT2D eigenvalue weighted by atomic mass is 32.1. The summed E-state index contributed by atoms with van der Waals surface area (Å²) < 4.78 is 5.42. The third kappa shape index (κ3) is 4.73. The fourth-order valence-electron chi connectivity index (χ4n) is 3.87. The van der Waals surface area contributed by atoms with Crippen molar-refractivity contribution in [3.63, 3.8) is 0 Å². The molecule has 1 saturated heterocycles. The fourth-order valence-corrected chi connectivity index (χ4v) is 4.28. The molecule has 0 bridgehead atoms. The van der Waals surface area contributed by atoms with Gasteiger partial charge in [0, 0.05) is 42.6 Å². The number of amides is 1. The quantitative estimate of drug-likeness (QED) is 0.721. The Balaban J connectivity index is 1.59. The molecule has 0 spiro atoms. The maximum atomic E-state index is 12.5. The van der Waals surface area contributed by atoms with E-state index in [1.807, 2.05) is 30.3 Å². The highest BCUT2D eigenvalue weighted by molar-refractivity contribution is 7.71. The van der Waals surface area contributed by atoms with E-state index in [1.165, 1.54) is 11.4 Å². The molecule has 0 aliphatic carbocycles. The van der Waals surface area contributed by atoms with Crippen LogP contribution in [0.3, 0.4) is 0 Å². The number of benzene rings is 1. The number of imidazole rings is 1. The molecule has 6 heteroatoms. The molecule has 1 fully saturated rings. The van der Waals surface area contributed by atoms with Crippen LogP contribution in [0, 0.1) is 30.5 Å². The summed E-state index contributed by atoms with van der Waals surface area (Å²) in [5, 5.41) is 3.04. The van der Waals surface area contributed by atoms with Crippen LogP contribution in [0.25, 0.3) is 0 Å². The zero-order valence-corrected chi connectivity index (χ0v) is 18.3. The van der Waals surface area contributed by atoms with Gasteiger partial charge in [-0.3, -0.25) is 9.69 Å². The number of carbonyl (C=O) groups excluding carboxylic acids is 1. The maximum absolute atomic E-state index is 12.5. The van der Waals surface area contributed by atoms with Gasteiger partial charge in [-0.15, -0.1) is 0 Å². The predicted octanol–water partition coefficient (Wildman–Crippen LogP) is 4.60. The molecule has 0 unspecified atom stereocenters. The molecule has 3 rings (SSSR count). The highest BCUT2D eigenvalue weighted by Gasteiger charge is 2.26. The molecule has 1 amide bonds. The van der Waals surface area contributed by atoms with Crippen molar-refractivity contribution in [2.24, 2.45) is 11.8 Å². The third-order valence-electron chi connectivity index (χ3n) is 5.68. The number of hydrogen-bond acceptors (Lipinski definition) is 3. The van der Waals surface area contributed by atoms with Gasteiger partial charge >= 0.3 is 0 Å². The summed E-state index contributed by atoms with van der Waals surface area (Å²) in [4.78, 5) is 14.9. The largest absolute Gasteiger partial charge is 0.326 e. The normalized spacial score (nSPS) is 15.9. The molecule has 0 atom stereocenters. The Morgan fingerprint density at radius 3 is 2.32 bits per heavy atom. The van der Waals surface area contributed by atoms with E-state index < -0.39 is 0 Å². The van der Waals surface area contributed by atoms with Gasteiger partial charge in [0.15, 0.2) is 4.77 Å². The summed E-state index contributed by atoms with van der Waals surface area (Å²) in [6.45, 7) is 12.4. The molecule has 0 saturated carbocycles. The van der Waals surface area contributed by atoms with Crippen molar-refractivity contribution in [3.05, 3.63) is 46.5 Å². The lowest BCUT2D eigenvalue weighted by molar-refractivity contribution is -0.121. The smallest absolute Gasteiger partial charge is 0.227 e. The van der Waals surface area contributed by atoms with E-state index >= 15 is 0 Å². The number of para-hydroxylation sites is 1. The van der Waals surface area contributed by atoms with Crippen LogP contribution in [0.5, 0.6) is 0 Å². The first-order valence-corrected chi connectivity index (χ1v) is 10.6. The average Bonchev–Trinajstić information content (AvgIpc) is 2.87. The first kappa shape index (κ1) is 20.8. The van der Waals surface area contributed by atoms with E-state index in [-0.39, 0.29) is 11.8 Å². The van der Waals surface area contributed by atoms with Crippen molar-refractivity contribution in [2.45, 2.75) is 53.8 Å². The molecule has 1 aromatic heterocycles. The Labute approximate surface area is 173 Å². The monoisotopic (exact) mass is 400 g/mol. The van der Waals surface area contributed by atoms with Crippen LogP contribution in [0.2, 0.25) is 0 Å². The molecule has 152 valence electrons. The second kappa shape index (κ2) is 9.05. The van der Waals surface area contributed by atoms with Crippen molar-refractivity contribution < 1.29 is 4.79 Å². The number of aromatic nitrogens is 2. The molecule has 0 radical (unpaired) electrons. The second-order valence-electron chi connectivity index (χ2n) is 8.27. The van der Waals surface area contributed by atoms with E-state index in [0.717, 1.165) is 49.6 Å². The lowest BCUT2D eigenvalue weighted by atomic mass is 9.96. The standard InChI is InChI=1S/C22H32N4OS/c1-16(2)14-25-17(3)18(4)26(22(25)28)15-24-12-10-19(11-13-24)21(27)23-20-8-6-5-7-9-20/h5-9,16,19H,10-15H2,1-4H3,(H,23,27). The SMILES string of the molecule is Cc1c(C)n(CN2CCC(C(=O)Nc3ccccc3)CC2)c(=S)n1CC(C)C. The van der Waals surface area contributed by atoms with E-state index in [4.69, 9.17) is 12.2 Å². The summed E-state index contributed by atoms with van der Waals surface area (Å²) in [6.07, 6.45) is 1.77. The Kier molecular flexibility index (Phi) is 6.73. The van der Waals surface area contributed by atoms with E-state index in [0.29, 0.717) is 5.92 Å². The summed E-state index contributed by atoms with van der Waals surface area (Å²) in [7, 11) is 0. The van der Waals surface area contributed by atoms with Gasteiger partial charge in [-0.25, -0.2) is 0 Å². The number of hydrogen-bond donors (Lipinski definition) is 1. The first-order chi connectivity index (χ1) is 13.4. The van der Waals surface area contributed by atoms with Crippen molar-refractivity contribution in [1.29, 1.82) is 0 Å². The molecular weight excluding hydrogens is 368 g/mol. The van der Waals surface area contributed by atoms with Crippen LogP contribution in [-0.2, 0) is 18.0 Å². The molecule has 2 heterocycles. The molecule has 28 heavy (non-hydrogen) atoms. The molecule has 1 aliphatic rings.